The van der Waals surface area contributed by atoms with Crippen LogP contribution in [0.5, 0.6) is 5.75 Å². The number of pyridine rings is 2. The van der Waals surface area contributed by atoms with Crippen LogP contribution in [0.15, 0.2) is 85.2 Å². The van der Waals surface area contributed by atoms with Crippen LogP contribution in [0.4, 0.5) is 0 Å². The van der Waals surface area contributed by atoms with Gasteiger partial charge in [0.05, 0.1) is 16.8 Å². The molecule has 1 aliphatic rings. The number of piperazine rings is 1. The predicted molar refractivity (Wildman–Crippen MR) is 129 cm³/mol. The van der Waals surface area contributed by atoms with E-state index in [4.69, 9.17) is 9.72 Å². The van der Waals surface area contributed by atoms with Crippen molar-refractivity contribution in [3.05, 3.63) is 90.8 Å². The highest BCUT2D eigenvalue weighted by atomic mass is 16.5. The van der Waals surface area contributed by atoms with Gasteiger partial charge in [0.2, 0.25) is 0 Å². The third-order valence-corrected chi connectivity index (χ3v) is 5.98. The number of para-hydroxylation sites is 2. The third-order valence-electron chi connectivity index (χ3n) is 5.98. The topological polar surface area (TPSA) is 58.6 Å². The number of carbonyl (C=O) groups excluding carboxylic acids is 1. The van der Waals surface area contributed by atoms with E-state index in [0.717, 1.165) is 47.5 Å². The molecule has 2 aromatic carbocycles. The summed E-state index contributed by atoms with van der Waals surface area (Å²) in [6.45, 7) is 4.55. The van der Waals surface area contributed by atoms with Gasteiger partial charge in [-0.25, -0.2) is 4.98 Å². The van der Waals surface area contributed by atoms with Crippen molar-refractivity contribution in [1.29, 1.82) is 0 Å². The van der Waals surface area contributed by atoms with Crippen LogP contribution in [0, 0.1) is 0 Å². The molecular formula is C27H26N4O2. The molecule has 0 spiro atoms. The van der Waals surface area contributed by atoms with Crippen molar-refractivity contribution in [1.82, 2.24) is 19.8 Å². The maximum Gasteiger partial charge on any atom is 0.254 e. The van der Waals surface area contributed by atoms with Crippen LogP contribution < -0.4 is 4.74 Å². The second-order valence-corrected chi connectivity index (χ2v) is 8.11. The van der Waals surface area contributed by atoms with Gasteiger partial charge >= 0.3 is 0 Å². The SMILES string of the molecule is O=C(c1cc(-c2cccnc2)nc2ccccc12)N1CCN(CCOc2ccccc2)CC1. The zero-order chi connectivity index (χ0) is 22.5. The summed E-state index contributed by atoms with van der Waals surface area (Å²) >= 11 is 0. The number of amides is 1. The van der Waals surface area contributed by atoms with Gasteiger partial charge in [-0.05, 0) is 36.4 Å². The highest BCUT2D eigenvalue weighted by Gasteiger charge is 2.24. The molecule has 6 heteroatoms. The third kappa shape index (κ3) is 4.86. The molecule has 0 unspecified atom stereocenters. The van der Waals surface area contributed by atoms with Crippen molar-refractivity contribution < 1.29 is 9.53 Å². The van der Waals surface area contributed by atoms with E-state index in [2.05, 4.69) is 9.88 Å². The first kappa shape index (κ1) is 21.1. The summed E-state index contributed by atoms with van der Waals surface area (Å²) in [5.74, 6) is 0.944. The van der Waals surface area contributed by atoms with Gasteiger partial charge < -0.3 is 9.64 Å². The minimum absolute atomic E-state index is 0.0546. The van der Waals surface area contributed by atoms with Crippen molar-refractivity contribution >= 4 is 16.8 Å². The van der Waals surface area contributed by atoms with Crippen molar-refractivity contribution in [3.8, 4) is 17.0 Å². The first-order chi connectivity index (χ1) is 16.3. The molecule has 4 aromatic rings. The summed E-state index contributed by atoms with van der Waals surface area (Å²) in [5, 5.41) is 0.883. The largest absolute Gasteiger partial charge is 0.492 e. The zero-order valence-electron chi connectivity index (χ0n) is 18.4. The summed E-state index contributed by atoms with van der Waals surface area (Å²) in [5.41, 5.74) is 3.18. The molecule has 0 bridgehead atoms. The number of hydrogen-bond acceptors (Lipinski definition) is 5. The van der Waals surface area contributed by atoms with Crippen LogP contribution >= 0.6 is 0 Å². The molecule has 0 saturated carbocycles. The molecule has 1 amide bonds. The van der Waals surface area contributed by atoms with Gasteiger partial charge in [0.25, 0.3) is 5.91 Å². The van der Waals surface area contributed by atoms with Crippen LogP contribution in [0.1, 0.15) is 10.4 Å². The first-order valence-corrected chi connectivity index (χ1v) is 11.3. The molecule has 2 aromatic heterocycles. The molecule has 0 aliphatic carbocycles. The van der Waals surface area contributed by atoms with Gasteiger partial charge in [-0.15, -0.1) is 0 Å². The Morgan fingerprint density at radius 2 is 1.70 bits per heavy atom. The van der Waals surface area contributed by atoms with Crippen LogP contribution in [0.3, 0.4) is 0 Å². The van der Waals surface area contributed by atoms with E-state index in [-0.39, 0.29) is 5.91 Å². The number of rotatable bonds is 6. The molecule has 0 atom stereocenters. The van der Waals surface area contributed by atoms with Crippen LogP contribution in [0.25, 0.3) is 22.2 Å². The maximum atomic E-state index is 13.5. The standard InChI is InChI=1S/C27H26N4O2/c32-27(31-15-13-30(14-16-31)17-18-33-22-8-2-1-3-9-22)24-19-26(21-7-6-12-28-20-21)29-25-11-5-4-10-23(24)25/h1-12,19-20H,13-18H2. The summed E-state index contributed by atoms with van der Waals surface area (Å²) in [6.07, 6.45) is 3.52. The quantitative estimate of drug-likeness (QED) is 0.453. The fourth-order valence-electron chi connectivity index (χ4n) is 4.17. The Balaban J connectivity index is 1.27. The lowest BCUT2D eigenvalue weighted by Gasteiger charge is -2.34. The molecule has 6 nitrogen and oxygen atoms in total. The summed E-state index contributed by atoms with van der Waals surface area (Å²) in [4.78, 5) is 26.8. The highest BCUT2D eigenvalue weighted by Crippen LogP contribution is 2.25. The molecule has 0 radical (unpaired) electrons. The molecule has 33 heavy (non-hydrogen) atoms. The van der Waals surface area contributed by atoms with Crippen LogP contribution in [-0.2, 0) is 0 Å². The van der Waals surface area contributed by atoms with Crippen molar-refractivity contribution in [2.45, 2.75) is 0 Å². The van der Waals surface area contributed by atoms with E-state index in [1.54, 1.807) is 12.4 Å². The molecule has 1 aliphatic heterocycles. The van der Waals surface area contributed by atoms with Gasteiger partial charge in [-0.2, -0.15) is 0 Å². The summed E-state index contributed by atoms with van der Waals surface area (Å²) in [6, 6.07) is 23.5. The summed E-state index contributed by atoms with van der Waals surface area (Å²) < 4.78 is 5.82. The van der Waals surface area contributed by atoms with E-state index in [0.29, 0.717) is 25.3 Å². The minimum atomic E-state index is 0.0546. The van der Waals surface area contributed by atoms with Gasteiger partial charge in [-0.3, -0.25) is 14.7 Å². The molecule has 1 fully saturated rings. The number of ether oxygens (including phenoxy) is 1. The van der Waals surface area contributed by atoms with Crippen molar-refractivity contribution in [2.24, 2.45) is 0 Å². The van der Waals surface area contributed by atoms with Crippen molar-refractivity contribution in [3.63, 3.8) is 0 Å². The number of fused-ring (bicyclic) bond motifs is 1. The summed E-state index contributed by atoms with van der Waals surface area (Å²) in [7, 11) is 0. The Labute approximate surface area is 193 Å². The molecule has 3 heterocycles. The molecular weight excluding hydrogens is 412 g/mol. The Bertz CT molecular complexity index is 1220. The van der Waals surface area contributed by atoms with Crippen LogP contribution in [-0.4, -0.2) is 65.0 Å². The number of carbonyl (C=O) groups is 1. The van der Waals surface area contributed by atoms with Crippen molar-refractivity contribution in [2.75, 3.05) is 39.3 Å². The maximum absolute atomic E-state index is 13.5. The second kappa shape index (κ2) is 9.79. The first-order valence-electron chi connectivity index (χ1n) is 11.3. The monoisotopic (exact) mass is 438 g/mol. The Kier molecular flexibility index (Phi) is 6.26. The van der Waals surface area contributed by atoms with E-state index in [9.17, 15) is 4.79 Å². The van der Waals surface area contributed by atoms with Crippen LogP contribution in [0.2, 0.25) is 0 Å². The second-order valence-electron chi connectivity index (χ2n) is 8.11. The Hall–Kier alpha value is -3.77. The fraction of sp³-hybridized carbons (Fsp3) is 0.222. The van der Waals surface area contributed by atoms with E-state index in [1.165, 1.54) is 0 Å². The van der Waals surface area contributed by atoms with Gasteiger partial charge in [-0.1, -0.05) is 36.4 Å². The predicted octanol–water partition coefficient (Wildman–Crippen LogP) is 4.13. The lowest BCUT2D eigenvalue weighted by Crippen LogP contribution is -2.49. The number of aromatic nitrogens is 2. The minimum Gasteiger partial charge on any atom is -0.492 e. The molecule has 1 saturated heterocycles. The lowest BCUT2D eigenvalue weighted by atomic mass is 10.0. The Morgan fingerprint density at radius 1 is 0.909 bits per heavy atom. The molecule has 0 N–H and O–H groups in total. The zero-order valence-corrected chi connectivity index (χ0v) is 18.4. The average molecular weight is 439 g/mol. The van der Waals surface area contributed by atoms with Gasteiger partial charge in [0, 0.05) is 56.1 Å². The lowest BCUT2D eigenvalue weighted by molar-refractivity contribution is 0.0622. The number of benzene rings is 2. The average Bonchev–Trinajstić information content (AvgIpc) is 2.89. The fourth-order valence-corrected chi connectivity index (χ4v) is 4.17. The van der Waals surface area contributed by atoms with E-state index >= 15 is 0 Å². The Morgan fingerprint density at radius 3 is 2.48 bits per heavy atom. The molecule has 166 valence electrons. The normalized spacial score (nSPS) is 14.4. The number of nitrogens with zero attached hydrogens (tertiary/aromatic N) is 4. The van der Waals surface area contributed by atoms with Gasteiger partial charge in [0.15, 0.2) is 0 Å². The molecule has 5 rings (SSSR count). The smallest absolute Gasteiger partial charge is 0.254 e. The van der Waals surface area contributed by atoms with E-state index in [1.807, 2.05) is 77.7 Å². The van der Waals surface area contributed by atoms with Gasteiger partial charge in [0.1, 0.15) is 12.4 Å². The highest BCUT2D eigenvalue weighted by molar-refractivity contribution is 6.07. The van der Waals surface area contributed by atoms with E-state index < -0.39 is 0 Å². The number of hydrogen-bond donors (Lipinski definition) is 0.